The van der Waals surface area contributed by atoms with Crippen molar-refractivity contribution in [3.63, 3.8) is 0 Å². The molecule has 0 radical (unpaired) electrons. The SMILES string of the molecule is CC(C)(C)OC(=O)NCCCCNCCCN1C(=O)c2ccccc2C1=O. The van der Waals surface area contributed by atoms with Gasteiger partial charge in [-0.2, -0.15) is 0 Å². The van der Waals surface area contributed by atoms with Gasteiger partial charge in [0.05, 0.1) is 11.1 Å². The van der Waals surface area contributed by atoms with E-state index in [1.54, 1.807) is 24.3 Å². The van der Waals surface area contributed by atoms with Gasteiger partial charge in [-0.15, -0.1) is 0 Å². The molecule has 0 aromatic heterocycles. The van der Waals surface area contributed by atoms with E-state index in [4.69, 9.17) is 4.74 Å². The zero-order valence-corrected chi connectivity index (χ0v) is 16.3. The molecule has 7 nitrogen and oxygen atoms in total. The van der Waals surface area contributed by atoms with Gasteiger partial charge in [-0.3, -0.25) is 14.5 Å². The molecule has 0 unspecified atom stereocenters. The van der Waals surface area contributed by atoms with Crippen molar-refractivity contribution < 1.29 is 19.1 Å². The van der Waals surface area contributed by atoms with E-state index in [0.29, 0.717) is 30.6 Å². The highest BCUT2D eigenvalue weighted by Crippen LogP contribution is 2.22. The van der Waals surface area contributed by atoms with E-state index >= 15 is 0 Å². The quantitative estimate of drug-likeness (QED) is 0.512. The number of nitrogens with one attached hydrogen (secondary N) is 2. The molecule has 148 valence electrons. The number of hydrogen-bond donors (Lipinski definition) is 2. The van der Waals surface area contributed by atoms with Crippen molar-refractivity contribution in [1.82, 2.24) is 15.5 Å². The summed E-state index contributed by atoms with van der Waals surface area (Å²) in [5.74, 6) is -0.410. The summed E-state index contributed by atoms with van der Waals surface area (Å²) in [7, 11) is 0. The van der Waals surface area contributed by atoms with E-state index in [1.165, 1.54) is 4.90 Å². The van der Waals surface area contributed by atoms with Crippen LogP contribution in [0, 0.1) is 0 Å². The molecule has 1 aliphatic heterocycles. The minimum atomic E-state index is -0.481. The summed E-state index contributed by atoms with van der Waals surface area (Å²) in [5, 5.41) is 6.02. The molecule has 0 saturated heterocycles. The maximum Gasteiger partial charge on any atom is 0.407 e. The first-order valence-corrected chi connectivity index (χ1v) is 9.42. The Morgan fingerprint density at radius 1 is 0.963 bits per heavy atom. The van der Waals surface area contributed by atoms with Gasteiger partial charge in [0, 0.05) is 13.1 Å². The van der Waals surface area contributed by atoms with Crippen molar-refractivity contribution in [3.8, 4) is 0 Å². The van der Waals surface area contributed by atoms with E-state index in [-0.39, 0.29) is 11.8 Å². The van der Waals surface area contributed by atoms with Gasteiger partial charge in [-0.25, -0.2) is 4.79 Å². The number of fused-ring (bicyclic) bond motifs is 1. The van der Waals surface area contributed by atoms with Crippen LogP contribution in [0.2, 0.25) is 0 Å². The number of ether oxygens (including phenoxy) is 1. The largest absolute Gasteiger partial charge is 0.444 e. The molecule has 0 fully saturated rings. The Balaban J connectivity index is 1.52. The van der Waals surface area contributed by atoms with Crippen LogP contribution in [-0.4, -0.2) is 54.6 Å². The molecule has 0 spiro atoms. The van der Waals surface area contributed by atoms with Crippen LogP contribution in [-0.2, 0) is 4.74 Å². The summed E-state index contributed by atoms with van der Waals surface area (Å²) in [6.07, 6.45) is 2.09. The number of rotatable bonds is 9. The third kappa shape index (κ3) is 6.36. The van der Waals surface area contributed by atoms with Crippen LogP contribution in [0.1, 0.15) is 60.7 Å². The molecule has 7 heteroatoms. The van der Waals surface area contributed by atoms with E-state index in [2.05, 4.69) is 10.6 Å². The fourth-order valence-corrected chi connectivity index (χ4v) is 2.81. The fourth-order valence-electron chi connectivity index (χ4n) is 2.81. The highest BCUT2D eigenvalue weighted by molar-refractivity contribution is 6.21. The van der Waals surface area contributed by atoms with Crippen LogP contribution in [0.25, 0.3) is 0 Å². The zero-order valence-electron chi connectivity index (χ0n) is 16.3. The van der Waals surface area contributed by atoms with Gasteiger partial charge >= 0.3 is 6.09 Å². The van der Waals surface area contributed by atoms with Crippen molar-refractivity contribution in [3.05, 3.63) is 35.4 Å². The second kappa shape index (κ2) is 9.50. The van der Waals surface area contributed by atoms with E-state index < -0.39 is 11.7 Å². The second-order valence-electron chi connectivity index (χ2n) is 7.55. The van der Waals surface area contributed by atoms with Crippen molar-refractivity contribution in [2.75, 3.05) is 26.2 Å². The molecular formula is C20H29N3O4. The second-order valence-corrected chi connectivity index (χ2v) is 7.55. The minimum Gasteiger partial charge on any atom is -0.444 e. The molecule has 3 amide bonds. The number of carbonyl (C=O) groups excluding carboxylic acids is 3. The first-order valence-electron chi connectivity index (χ1n) is 9.42. The third-order valence-corrected chi connectivity index (χ3v) is 4.06. The lowest BCUT2D eigenvalue weighted by Gasteiger charge is -2.19. The smallest absolute Gasteiger partial charge is 0.407 e. The Morgan fingerprint density at radius 3 is 2.11 bits per heavy atom. The highest BCUT2D eigenvalue weighted by atomic mass is 16.6. The molecule has 2 N–H and O–H groups in total. The van der Waals surface area contributed by atoms with Crippen LogP contribution in [0.15, 0.2) is 24.3 Å². The Hall–Kier alpha value is -2.41. The molecule has 2 rings (SSSR count). The predicted molar refractivity (Wildman–Crippen MR) is 103 cm³/mol. The van der Waals surface area contributed by atoms with Crippen LogP contribution in [0.3, 0.4) is 0 Å². The zero-order chi connectivity index (χ0) is 19.9. The molecule has 27 heavy (non-hydrogen) atoms. The lowest BCUT2D eigenvalue weighted by Crippen LogP contribution is -2.33. The lowest BCUT2D eigenvalue weighted by molar-refractivity contribution is 0.0525. The molecule has 1 aliphatic rings. The Bertz CT molecular complexity index is 647. The van der Waals surface area contributed by atoms with Crippen LogP contribution in [0.5, 0.6) is 0 Å². The predicted octanol–water partition coefficient (Wildman–Crippen LogP) is 2.57. The van der Waals surface area contributed by atoms with Crippen molar-refractivity contribution in [1.29, 1.82) is 0 Å². The summed E-state index contributed by atoms with van der Waals surface area (Å²) < 4.78 is 5.16. The standard InChI is InChI=1S/C20H29N3O4/c1-20(2,3)27-19(26)22-13-7-6-11-21-12-8-14-23-17(24)15-9-4-5-10-16(15)18(23)25/h4-5,9-10,21H,6-8,11-14H2,1-3H3,(H,22,26). The van der Waals surface area contributed by atoms with Gasteiger partial charge in [0.25, 0.3) is 11.8 Å². The number of amides is 3. The number of unbranched alkanes of at least 4 members (excludes halogenated alkanes) is 1. The molecule has 0 bridgehead atoms. The minimum absolute atomic E-state index is 0.205. The highest BCUT2D eigenvalue weighted by Gasteiger charge is 2.34. The number of imide groups is 1. The normalized spacial score (nSPS) is 13.7. The van der Waals surface area contributed by atoms with Crippen LogP contribution >= 0.6 is 0 Å². The maximum atomic E-state index is 12.2. The number of nitrogens with zero attached hydrogens (tertiary/aromatic N) is 1. The van der Waals surface area contributed by atoms with Gasteiger partial charge in [0.2, 0.25) is 0 Å². The molecule has 0 aliphatic carbocycles. The first-order chi connectivity index (χ1) is 12.8. The number of alkyl carbamates (subject to hydrolysis) is 1. The van der Waals surface area contributed by atoms with Crippen LogP contribution < -0.4 is 10.6 Å². The molecule has 1 heterocycles. The summed E-state index contributed by atoms with van der Waals surface area (Å²) in [5.41, 5.74) is 0.506. The Kier molecular flexibility index (Phi) is 7.36. The van der Waals surface area contributed by atoms with Crippen molar-refractivity contribution >= 4 is 17.9 Å². The van der Waals surface area contributed by atoms with Gasteiger partial charge in [-0.1, -0.05) is 12.1 Å². The average molecular weight is 375 g/mol. The molecule has 1 aromatic carbocycles. The van der Waals surface area contributed by atoms with Gasteiger partial charge in [-0.05, 0) is 65.3 Å². The molecular weight excluding hydrogens is 346 g/mol. The van der Waals surface area contributed by atoms with E-state index in [0.717, 1.165) is 25.9 Å². The Morgan fingerprint density at radius 2 is 1.52 bits per heavy atom. The summed E-state index contributed by atoms with van der Waals surface area (Å²) in [4.78, 5) is 37.3. The van der Waals surface area contributed by atoms with E-state index in [1.807, 2.05) is 20.8 Å². The van der Waals surface area contributed by atoms with Gasteiger partial charge in [0.15, 0.2) is 0 Å². The summed E-state index contributed by atoms with van der Waals surface area (Å²) in [6.45, 7) is 8.03. The molecule has 1 aromatic rings. The third-order valence-electron chi connectivity index (χ3n) is 4.06. The van der Waals surface area contributed by atoms with Gasteiger partial charge < -0.3 is 15.4 Å². The monoisotopic (exact) mass is 375 g/mol. The topological polar surface area (TPSA) is 87.7 Å². The summed E-state index contributed by atoms with van der Waals surface area (Å²) in [6, 6.07) is 6.93. The molecule has 0 atom stereocenters. The first kappa shape index (κ1) is 20.9. The summed E-state index contributed by atoms with van der Waals surface area (Å²) >= 11 is 0. The van der Waals surface area contributed by atoms with Crippen molar-refractivity contribution in [2.24, 2.45) is 0 Å². The number of hydrogen-bond acceptors (Lipinski definition) is 5. The molecule has 0 saturated carbocycles. The number of carbonyl (C=O) groups is 3. The average Bonchev–Trinajstić information content (AvgIpc) is 2.84. The lowest BCUT2D eigenvalue weighted by atomic mass is 10.1. The van der Waals surface area contributed by atoms with Gasteiger partial charge in [0.1, 0.15) is 5.60 Å². The Labute approximate surface area is 160 Å². The fraction of sp³-hybridized carbons (Fsp3) is 0.550. The van der Waals surface area contributed by atoms with Crippen LogP contribution in [0.4, 0.5) is 4.79 Å². The van der Waals surface area contributed by atoms with E-state index in [9.17, 15) is 14.4 Å². The van der Waals surface area contributed by atoms with Crippen molar-refractivity contribution in [2.45, 2.75) is 45.6 Å². The maximum absolute atomic E-state index is 12.2. The number of benzene rings is 1.